The summed E-state index contributed by atoms with van der Waals surface area (Å²) in [6.07, 6.45) is 4.13. The number of aromatic hydroxyl groups is 1. The van der Waals surface area contributed by atoms with Crippen LogP contribution in [-0.2, 0) is 0 Å². The van der Waals surface area contributed by atoms with E-state index in [0.29, 0.717) is 11.8 Å². The molecule has 0 bridgehead atoms. The van der Waals surface area contributed by atoms with Crippen LogP contribution < -0.4 is 5.32 Å². The summed E-state index contributed by atoms with van der Waals surface area (Å²) in [7, 11) is 0. The van der Waals surface area contributed by atoms with Gasteiger partial charge in [-0.1, -0.05) is 6.07 Å². The van der Waals surface area contributed by atoms with Gasteiger partial charge in [0.25, 0.3) is 0 Å². The average Bonchev–Trinajstić information content (AvgIpc) is 2.26. The molecule has 1 atom stereocenters. The monoisotopic (exact) mass is 240 g/mol. The van der Waals surface area contributed by atoms with Crippen LogP contribution >= 0.6 is 12.4 Å². The van der Waals surface area contributed by atoms with Crippen molar-refractivity contribution in [3.63, 3.8) is 0 Å². The number of phenolic OH excluding ortho intramolecular Hbond substituents is 1. The molecule has 2 rings (SSSR count). The lowest BCUT2D eigenvalue weighted by atomic mass is 10.1. The molecule has 0 aromatic heterocycles. The second-order valence-electron chi connectivity index (χ2n) is 3.92. The zero-order valence-corrected chi connectivity index (χ0v) is 10.1. The van der Waals surface area contributed by atoms with E-state index in [0.717, 1.165) is 30.6 Å². The fourth-order valence-corrected chi connectivity index (χ4v) is 1.78. The van der Waals surface area contributed by atoms with Crippen molar-refractivity contribution in [3.8, 4) is 5.75 Å². The minimum absolute atomic E-state index is 0. The van der Waals surface area contributed by atoms with Gasteiger partial charge in [0.2, 0.25) is 0 Å². The van der Waals surface area contributed by atoms with Crippen LogP contribution in [0.3, 0.4) is 0 Å². The number of rotatable bonds is 2. The molecule has 1 aromatic rings. The topological polar surface area (TPSA) is 44.6 Å². The highest BCUT2D eigenvalue weighted by molar-refractivity contribution is 5.85. The van der Waals surface area contributed by atoms with Crippen molar-refractivity contribution in [2.75, 3.05) is 11.9 Å². The maximum atomic E-state index is 9.56. The lowest BCUT2D eigenvalue weighted by molar-refractivity contribution is 0.471. The Hall–Kier alpha value is -1.22. The summed E-state index contributed by atoms with van der Waals surface area (Å²) >= 11 is 0. The molecule has 0 amide bonds. The minimum atomic E-state index is 0. The zero-order chi connectivity index (χ0) is 10.7. The molecule has 1 heterocycles. The number of benzene rings is 1. The Morgan fingerprint density at radius 2 is 2.25 bits per heavy atom. The molecular weight excluding hydrogens is 224 g/mol. The largest absolute Gasteiger partial charge is 0.508 e. The molecule has 88 valence electrons. The molecular formula is C12H17ClN2O. The van der Waals surface area contributed by atoms with Gasteiger partial charge < -0.3 is 10.4 Å². The van der Waals surface area contributed by atoms with Gasteiger partial charge in [0.1, 0.15) is 5.75 Å². The third-order valence-corrected chi connectivity index (χ3v) is 2.76. The van der Waals surface area contributed by atoms with Gasteiger partial charge in [0, 0.05) is 17.3 Å². The first-order valence-electron chi connectivity index (χ1n) is 5.31. The molecule has 3 nitrogen and oxygen atoms in total. The van der Waals surface area contributed by atoms with Crippen LogP contribution in [0.25, 0.3) is 0 Å². The maximum Gasteiger partial charge on any atom is 0.120 e. The molecule has 0 fully saturated rings. The Balaban J connectivity index is 0.00000128. The van der Waals surface area contributed by atoms with Crippen molar-refractivity contribution >= 4 is 24.3 Å². The third-order valence-electron chi connectivity index (χ3n) is 2.76. The smallest absolute Gasteiger partial charge is 0.120 e. The molecule has 0 radical (unpaired) electrons. The second kappa shape index (κ2) is 5.75. The lowest BCUT2D eigenvalue weighted by Crippen LogP contribution is -2.25. The van der Waals surface area contributed by atoms with Crippen molar-refractivity contribution in [2.45, 2.75) is 25.8 Å². The number of nitrogens with zero attached hydrogens (tertiary/aromatic N) is 1. The van der Waals surface area contributed by atoms with Crippen LogP contribution in [0.2, 0.25) is 0 Å². The lowest BCUT2D eigenvalue weighted by Gasteiger charge is -2.21. The molecule has 1 unspecified atom stereocenters. The summed E-state index contributed by atoms with van der Waals surface area (Å²) in [4.78, 5) is 4.26. The highest BCUT2D eigenvalue weighted by Gasteiger charge is 2.11. The van der Waals surface area contributed by atoms with Gasteiger partial charge in [-0.3, -0.25) is 4.99 Å². The quantitative estimate of drug-likeness (QED) is 0.835. The highest BCUT2D eigenvalue weighted by atomic mass is 35.5. The van der Waals surface area contributed by atoms with E-state index >= 15 is 0 Å². The van der Waals surface area contributed by atoms with E-state index in [4.69, 9.17) is 0 Å². The van der Waals surface area contributed by atoms with Crippen molar-refractivity contribution in [1.29, 1.82) is 0 Å². The number of hydrogen-bond donors (Lipinski definition) is 2. The molecule has 0 saturated carbocycles. The number of anilines is 1. The average molecular weight is 241 g/mol. The second-order valence-corrected chi connectivity index (χ2v) is 3.92. The van der Waals surface area contributed by atoms with E-state index in [1.165, 1.54) is 0 Å². The Kier molecular flexibility index (Phi) is 4.62. The molecule has 1 aliphatic rings. The zero-order valence-electron chi connectivity index (χ0n) is 9.31. The van der Waals surface area contributed by atoms with E-state index in [-0.39, 0.29) is 12.4 Å². The third kappa shape index (κ3) is 2.89. The van der Waals surface area contributed by atoms with Crippen LogP contribution in [0.1, 0.15) is 18.4 Å². The Morgan fingerprint density at radius 3 is 2.94 bits per heavy atom. The van der Waals surface area contributed by atoms with Crippen LogP contribution in [0, 0.1) is 6.92 Å². The Morgan fingerprint density at radius 1 is 1.44 bits per heavy atom. The predicted molar refractivity (Wildman–Crippen MR) is 70.1 cm³/mol. The van der Waals surface area contributed by atoms with Crippen LogP contribution in [0.15, 0.2) is 23.2 Å². The SMILES string of the molecule is Cc1c(O)cccc1NC1CCC=NC1.Cl. The van der Waals surface area contributed by atoms with Gasteiger partial charge >= 0.3 is 0 Å². The normalized spacial score (nSPS) is 18.9. The molecule has 4 heteroatoms. The first-order chi connectivity index (χ1) is 7.27. The van der Waals surface area contributed by atoms with E-state index in [9.17, 15) is 5.11 Å². The first kappa shape index (κ1) is 12.8. The molecule has 0 spiro atoms. The fraction of sp³-hybridized carbons (Fsp3) is 0.417. The van der Waals surface area contributed by atoms with E-state index in [1.54, 1.807) is 6.07 Å². The summed E-state index contributed by atoms with van der Waals surface area (Å²) in [5.41, 5.74) is 1.92. The van der Waals surface area contributed by atoms with E-state index in [1.807, 2.05) is 25.3 Å². The first-order valence-corrected chi connectivity index (χ1v) is 5.31. The predicted octanol–water partition coefficient (Wildman–Crippen LogP) is 2.77. The van der Waals surface area contributed by atoms with Gasteiger partial charge in [0.15, 0.2) is 0 Å². The van der Waals surface area contributed by atoms with Crippen molar-refractivity contribution < 1.29 is 5.11 Å². The fourth-order valence-electron chi connectivity index (χ4n) is 1.78. The van der Waals surface area contributed by atoms with Crippen molar-refractivity contribution in [3.05, 3.63) is 23.8 Å². The number of aliphatic imine (C=N–C) groups is 1. The summed E-state index contributed by atoms with van der Waals surface area (Å²) in [5, 5.41) is 13.0. The molecule has 1 aromatic carbocycles. The van der Waals surface area contributed by atoms with Gasteiger partial charge in [-0.05, 0) is 38.1 Å². The van der Waals surface area contributed by atoms with Gasteiger partial charge in [-0.2, -0.15) is 0 Å². The van der Waals surface area contributed by atoms with Crippen LogP contribution in [-0.4, -0.2) is 23.9 Å². The van der Waals surface area contributed by atoms with E-state index < -0.39 is 0 Å². The van der Waals surface area contributed by atoms with Crippen LogP contribution in [0.4, 0.5) is 5.69 Å². The van der Waals surface area contributed by atoms with Crippen LogP contribution in [0.5, 0.6) is 5.75 Å². The highest BCUT2D eigenvalue weighted by Crippen LogP contribution is 2.25. The molecule has 16 heavy (non-hydrogen) atoms. The molecule has 0 aliphatic carbocycles. The Labute approximate surface area is 102 Å². The minimum Gasteiger partial charge on any atom is -0.508 e. The maximum absolute atomic E-state index is 9.56. The van der Waals surface area contributed by atoms with Crippen molar-refractivity contribution in [2.24, 2.45) is 4.99 Å². The summed E-state index contributed by atoms with van der Waals surface area (Å²) in [5.74, 6) is 0.347. The standard InChI is InChI=1S/C12H16N2O.ClH/c1-9-11(5-2-6-12(9)15)14-10-4-3-7-13-8-10;/h2,5-7,10,14-15H,3-4,8H2,1H3;1H. The van der Waals surface area contributed by atoms with Gasteiger partial charge in [-0.25, -0.2) is 0 Å². The number of phenols is 1. The number of halogens is 1. The number of nitrogens with one attached hydrogen (secondary N) is 1. The molecule has 2 N–H and O–H groups in total. The summed E-state index contributed by atoms with van der Waals surface area (Å²) in [6.45, 7) is 2.75. The molecule has 0 saturated heterocycles. The summed E-state index contributed by atoms with van der Waals surface area (Å²) < 4.78 is 0. The molecule has 1 aliphatic heterocycles. The Bertz CT molecular complexity index is 379. The number of hydrogen-bond acceptors (Lipinski definition) is 3. The van der Waals surface area contributed by atoms with Crippen molar-refractivity contribution in [1.82, 2.24) is 0 Å². The van der Waals surface area contributed by atoms with Gasteiger partial charge in [-0.15, -0.1) is 12.4 Å². The summed E-state index contributed by atoms with van der Waals surface area (Å²) in [6, 6.07) is 5.96. The van der Waals surface area contributed by atoms with Gasteiger partial charge in [0.05, 0.1) is 6.54 Å². The van der Waals surface area contributed by atoms with E-state index in [2.05, 4.69) is 10.3 Å².